The number of hydrogen-bond acceptors (Lipinski definition) is 2. The Hall–Kier alpha value is -2.46. The molecule has 1 aliphatic heterocycles. The summed E-state index contributed by atoms with van der Waals surface area (Å²) in [5.74, 6) is 1.45. The lowest BCUT2D eigenvalue weighted by atomic mass is 10.0. The summed E-state index contributed by atoms with van der Waals surface area (Å²) in [4.78, 5) is 0. The maximum atomic E-state index is 6.14. The van der Waals surface area contributed by atoms with Crippen LogP contribution in [0.3, 0.4) is 0 Å². The second kappa shape index (κ2) is 5.53. The Labute approximate surface area is 147 Å². The van der Waals surface area contributed by atoms with Gasteiger partial charge in [-0.3, -0.25) is 0 Å². The molecule has 0 spiro atoms. The summed E-state index contributed by atoms with van der Waals surface area (Å²) >= 11 is 0. The third-order valence-electron chi connectivity index (χ3n) is 5.43. The van der Waals surface area contributed by atoms with E-state index < -0.39 is 0 Å². The maximum absolute atomic E-state index is 6.14. The van der Waals surface area contributed by atoms with Gasteiger partial charge in [0.25, 0.3) is 0 Å². The molecule has 4 nitrogen and oxygen atoms in total. The van der Waals surface area contributed by atoms with Crippen molar-refractivity contribution in [1.82, 2.24) is 9.78 Å². The van der Waals surface area contributed by atoms with Crippen LogP contribution >= 0.6 is 0 Å². The highest BCUT2D eigenvalue weighted by Gasteiger charge is 2.43. The molecule has 126 valence electrons. The Morgan fingerprint density at radius 2 is 1.92 bits per heavy atom. The van der Waals surface area contributed by atoms with Gasteiger partial charge < -0.3 is 4.74 Å². The molecule has 3 aromatic rings. The van der Waals surface area contributed by atoms with Gasteiger partial charge in [-0.2, -0.15) is 0 Å². The third-order valence-corrected chi connectivity index (χ3v) is 5.43. The highest BCUT2D eigenvalue weighted by atomic mass is 16.5. The number of fused-ring (bicyclic) bond motifs is 5. The largest absolute Gasteiger partial charge is 0.363 e. The fourth-order valence-corrected chi connectivity index (χ4v) is 4.22. The normalized spacial score (nSPS) is 21.1. The van der Waals surface area contributed by atoms with Crippen LogP contribution in [0.4, 0.5) is 0 Å². The summed E-state index contributed by atoms with van der Waals surface area (Å²) < 4.78 is 10.5. The molecule has 2 aromatic carbocycles. The van der Waals surface area contributed by atoms with Gasteiger partial charge in [-0.1, -0.05) is 61.0 Å². The molecular weight excluding hydrogens is 310 g/mol. The van der Waals surface area contributed by atoms with Crippen LogP contribution in [-0.4, -0.2) is 15.9 Å². The van der Waals surface area contributed by atoms with Gasteiger partial charge in [0.1, 0.15) is 24.4 Å². The fraction of sp³-hybridized carbons (Fsp3) is 0.333. The molecule has 0 N–H and O–H groups in total. The minimum absolute atomic E-state index is 0.216. The SMILES string of the molecule is CC(C)c1ccccc1-n1c[n+]2c(n1)CO[C@H]1Cc3ccccc3C12. The Kier molecular flexibility index (Phi) is 3.28. The van der Waals surface area contributed by atoms with Crippen LogP contribution in [0.15, 0.2) is 54.9 Å². The van der Waals surface area contributed by atoms with Crippen molar-refractivity contribution in [2.24, 2.45) is 0 Å². The van der Waals surface area contributed by atoms with Crippen molar-refractivity contribution in [3.63, 3.8) is 0 Å². The zero-order valence-electron chi connectivity index (χ0n) is 14.6. The molecule has 0 saturated heterocycles. The minimum Gasteiger partial charge on any atom is -0.363 e. The summed E-state index contributed by atoms with van der Waals surface area (Å²) in [7, 11) is 0. The summed E-state index contributed by atoms with van der Waals surface area (Å²) in [6.45, 7) is 5.02. The van der Waals surface area contributed by atoms with Crippen LogP contribution < -0.4 is 4.57 Å². The molecule has 1 aliphatic carbocycles. The van der Waals surface area contributed by atoms with E-state index in [1.165, 1.54) is 16.7 Å². The first-order valence-corrected chi connectivity index (χ1v) is 9.01. The van der Waals surface area contributed by atoms with Gasteiger partial charge in [-0.05, 0) is 28.7 Å². The summed E-state index contributed by atoms with van der Waals surface area (Å²) in [5.41, 5.74) is 5.23. The second-order valence-electron chi connectivity index (χ2n) is 7.29. The molecular formula is C21H22N3O+. The van der Waals surface area contributed by atoms with Gasteiger partial charge in [0.15, 0.2) is 0 Å². The van der Waals surface area contributed by atoms with E-state index in [1.807, 2.05) is 4.68 Å². The number of benzene rings is 2. The Balaban J connectivity index is 1.63. The van der Waals surface area contributed by atoms with E-state index in [1.54, 1.807) is 0 Å². The van der Waals surface area contributed by atoms with Crippen molar-refractivity contribution >= 4 is 0 Å². The number of ether oxygens (including phenoxy) is 1. The molecule has 2 heterocycles. The van der Waals surface area contributed by atoms with E-state index in [0.29, 0.717) is 12.5 Å². The minimum atomic E-state index is 0.216. The molecule has 1 unspecified atom stereocenters. The van der Waals surface area contributed by atoms with Crippen LogP contribution in [0, 0.1) is 0 Å². The molecule has 2 atom stereocenters. The number of nitrogens with zero attached hydrogens (tertiary/aromatic N) is 3. The van der Waals surface area contributed by atoms with Crippen LogP contribution in [0.2, 0.25) is 0 Å². The Morgan fingerprint density at radius 3 is 2.80 bits per heavy atom. The molecule has 0 amide bonds. The van der Waals surface area contributed by atoms with Crippen molar-refractivity contribution in [3.05, 3.63) is 77.4 Å². The molecule has 5 rings (SSSR count). The van der Waals surface area contributed by atoms with Crippen LogP contribution in [0.25, 0.3) is 5.69 Å². The van der Waals surface area contributed by atoms with Crippen molar-refractivity contribution in [1.29, 1.82) is 0 Å². The number of hydrogen-bond donors (Lipinski definition) is 0. The molecule has 25 heavy (non-hydrogen) atoms. The standard InChI is InChI=1S/C21H22N3O/c1-14(2)16-8-5-6-10-18(16)24-13-23-20(22-24)12-25-19-11-15-7-3-4-9-17(15)21(19)23/h3-10,13-14,19,21H,11-12H2,1-2H3/q+1/t19-,21?/m0/s1. The van der Waals surface area contributed by atoms with Crippen molar-refractivity contribution in [2.45, 2.75) is 44.9 Å². The average molecular weight is 332 g/mol. The van der Waals surface area contributed by atoms with E-state index >= 15 is 0 Å². The second-order valence-corrected chi connectivity index (χ2v) is 7.29. The van der Waals surface area contributed by atoms with E-state index in [4.69, 9.17) is 9.84 Å². The number of rotatable bonds is 2. The van der Waals surface area contributed by atoms with E-state index in [9.17, 15) is 0 Å². The average Bonchev–Trinajstić information content (AvgIpc) is 3.22. The van der Waals surface area contributed by atoms with Gasteiger partial charge in [-0.15, -0.1) is 0 Å². The summed E-state index contributed by atoms with van der Waals surface area (Å²) in [6.07, 6.45) is 3.35. The third kappa shape index (κ3) is 2.24. The van der Waals surface area contributed by atoms with E-state index in [2.05, 4.69) is 73.3 Å². The van der Waals surface area contributed by atoms with Crippen LogP contribution in [0.1, 0.15) is 48.3 Å². The Bertz CT molecular complexity index is 944. The lowest BCUT2D eigenvalue weighted by Gasteiger charge is -2.23. The first-order valence-electron chi connectivity index (χ1n) is 9.01. The van der Waals surface area contributed by atoms with Gasteiger partial charge in [0.05, 0.1) is 0 Å². The highest BCUT2D eigenvalue weighted by Crippen LogP contribution is 2.35. The summed E-state index contributed by atoms with van der Waals surface area (Å²) in [6, 6.07) is 17.4. The predicted molar refractivity (Wildman–Crippen MR) is 94.7 cm³/mol. The summed E-state index contributed by atoms with van der Waals surface area (Å²) in [5, 5.41) is 4.85. The zero-order chi connectivity index (χ0) is 17.0. The smallest absolute Gasteiger partial charge is 0.304 e. The molecule has 1 aromatic heterocycles. The number of aromatic nitrogens is 3. The quantitative estimate of drug-likeness (QED) is 0.674. The van der Waals surface area contributed by atoms with Gasteiger partial charge >= 0.3 is 5.82 Å². The van der Waals surface area contributed by atoms with E-state index in [0.717, 1.165) is 17.9 Å². The predicted octanol–water partition coefficient (Wildman–Crippen LogP) is 3.33. The van der Waals surface area contributed by atoms with Crippen LogP contribution in [0.5, 0.6) is 0 Å². The molecule has 0 fully saturated rings. The topological polar surface area (TPSA) is 30.9 Å². The van der Waals surface area contributed by atoms with Crippen molar-refractivity contribution in [3.8, 4) is 5.69 Å². The van der Waals surface area contributed by atoms with Crippen molar-refractivity contribution < 1.29 is 9.30 Å². The monoisotopic (exact) mass is 332 g/mol. The van der Waals surface area contributed by atoms with Gasteiger partial charge in [-0.25, -0.2) is 4.57 Å². The van der Waals surface area contributed by atoms with Gasteiger partial charge in [0, 0.05) is 11.5 Å². The lowest BCUT2D eigenvalue weighted by Crippen LogP contribution is -2.51. The first kappa shape index (κ1) is 14.8. The lowest BCUT2D eigenvalue weighted by molar-refractivity contribution is -0.739. The highest BCUT2D eigenvalue weighted by molar-refractivity contribution is 5.41. The van der Waals surface area contributed by atoms with E-state index in [-0.39, 0.29) is 12.1 Å². The van der Waals surface area contributed by atoms with Gasteiger partial charge in [0.2, 0.25) is 6.33 Å². The molecule has 0 radical (unpaired) electrons. The maximum Gasteiger partial charge on any atom is 0.304 e. The zero-order valence-corrected chi connectivity index (χ0v) is 14.6. The fourth-order valence-electron chi connectivity index (χ4n) is 4.22. The molecule has 4 heteroatoms. The van der Waals surface area contributed by atoms with Crippen LogP contribution in [-0.2, 0) is 17.8 Å². The molecule has 0 bridgehead atoms. The number of para-hydroxylation sites is 1. The first-order chi connectivity index (χ1) is 12.2. The Morgan fingerprint density at radius 1 is 1.12 bits per heavy atom. The van der Waals surface area contributed by atoms with Crippen molar-refractivity contribution in [2.75, 3.05) is 0 Å². The molecule has 2 aliphatic rings. The molecule has 0 saturated carbocycles.